The molecular weight excluding hydrogens is 392 g/mol. The highest BCUT2D eigenvalue weighted by molar-refractivity contribution is 6.15. The molecule has 0 radical (unpaired) electrons. The lowest BCUT2D eigenvalue weighted by Crippen LogP contribution is -2.42. The maximum atomic E-state index is 12.9. The molecule has 0 bridgehead atoms. The largest absolute Gasteiger partial charge is 0.459 e. The van der Waals surface area contributed by atoms with Gasteiger partial charge in [0.2, 0.25) is 0 Å². The van der Waals surface area contributed by atoms with Crippen LogP contribution < -0.4 is 16.2 Å². The van der Waals surface area contributed by atoms with E-state index in [9.17, 15) is 24.5 Å². The van der Waals surface area contributed by atoms with Crippen molar-refractivity contribution in [3.8, 4) is 0 Å². The van der Waals surface area contributed by atoms with E-state index in [2.05, 4.69) is 16.2 Å². The van der Waals surface area contributed by atoms with Crippen LogP contribution in [-0.4, -0.2) is 29.6 Å². The Morgan fingerprint density at radius 2 is 1.63 bits per heavy atom. The van der Waals surface area contributed by atoms with Gasteiger partial charge in [0.05, 0.1) is 16.7 Å². The molecule has 2 aromatic carbocycles. The molecule has 152 valence electrons. The predicted octanol–water partition coefficient (Wildman–Crippen LogP) is 2.54. The first kappa shape index (κ1) is 20.3. The number of carbonyl (C=O) groups excluding carboxylic acids is 3. The number of carbonyl (C=O) groups is 3. The third-order valence-corrected chi connectivity index (χ3v) is 4.18. The van der Waals surface area contributed by atoms with E-state index >= 15 is 0 Å². The topological polar surface area (TPSA) is 144 Å². The summed E-state index contributed by atoms with van der Waals surface area (Å²) in [6.07, 6.45) is 1.31. The van der Waals surface area contributed by atoms with E-state index in [1.807, 2.05) is 0 Å². The van der Waals surface area contributed by atoms with Gasteiger partial charge in [0.25, 0.3) is 11.6 Å². The third kappa shape index (κ3) is 4.17. The zero-order valence-corrected chi connectivity index (χ0v) is 15.7. The quantitative estimate of drug-likeness (QED) is 0.323. The highest BCUT2D eigenvalue weighted by Gasteiger charge is 2.22. The molecule has 3 N–H and O–H groups in total. The van der Waals surface area contributed by atoms with Crippen LogP contribution in [0.3, 0.4) is 0 Å². The summed E-state index contributed by atoms with van der Waals surface area (Å²) < 4.78 is 4.92. The number of nitrogens with zero attached hydrogens (tertiary/aromatic N) is 1. The summed E-state index contributed by atoms with van der Waals surface area (Å²) in [5, 5.41) is 13.9. The molecule has 0 spiro atoms. The minimum Gasteiger partial charge on any atom is -0.459 e. The number of nitrogens with one attached hydrogen (secondary N) is 3. The molecule has 0 aliphatic heterocycles. The van der Waals surface area contributed by atoms with Crippen molar-refractivity contribution in [1.29, 1.82) is 0 Å². The second-order valence-electron chi connectivity index (χ2n) is 6.00. The summed E-state index contributed by atoms with van der Waals surface area (Å²) >= 11 is 0. The van der Waals surface area contributed by atoms with Crippen LogP contribution in [0.15, 0.2) is 65.3 Å². The summed E-state index contributed by atoms with van der Waals surface area (Å²) in [7, 11) is 1.53. The number of rotatable bonds is 6. The number of hydrazine groups is 1. The van der Waals surface area contributed by atoms with Crippen molar-refractivity contribution in [3.63, 3.8) is 0 Å². The van der Waals surface area contributed by atoms with Crippen LogP contribution in [0, 0.1) is 10.1 Å². The molecule has 3 aromatic rings. The number of ketones is 1. The van der Waals surface area contributed by atoms with Crippen molar-refractivity contribution in [3.05, 3.63) is 93.4 Å². The van der Waals surface area contributed by atoms with Crippen LogP contribution in [0.2, 0.25) is 0 Å². The molecule has 10 heteroatoms. The normalized spacial score (nSPS) is 10.2. The lowest BCUT2D eigenvalue weighted by molar-refractivity contribution is -0.384. The maximum Gasteiger partial charge on any atom is 0.305 e. The molecule has 0 saturated carbocycles. The highest BCUT2D eigenvalue weighted by atomic mass is 16.6. The number of furan rings is 1. The lowest BCUT2D eigenvalue weighted by Gasteiger charge is -2.10. The molecule has 3 rings (SSSR count). The van der Waals surface area contributed by atoms with Crippen molar-refractivity contribution in [2.24, 2.45) is 0 Å². The zero-order chi connectivity index (χ0) is 21.7. The minimum absolute atomic E-state index is 0.00315. The Bertz CT molecular complexity index is 1120. The Morgan fingerprint density at radius 1 is 0.933 bits per heavy atom. The Morgan fingerprint density at radius 3 is 2.27 bits per heavy atom. The van der Waals surface area contributed by atoms with Crippen molar-refractivity contribution in [1.82, 2.24) is 10.9 Å². The second-order valence-corrected chi connectivity index (χ2v) is 6.00. The van der Waals surface area contributed by atoms with Gasteiger partial charge in [-0.05, 0) is 30.3 Å². The van der Waals surface area contributed by atoms with Gasteiger partial charge in [0, 0.05) is 24.2 Å². The maximum absolute atomic E-state index is 12.9. The van der Waals surface area contributed by atoms with Gasteiger partial charge in [-0.1, -0.05) is 18.2 Å². The minimum atomic E-state index is -0.736. The van der Waals surface area contributed by atoms with E-state index in [1.165, 1.54) is 49.7 Å². The monoisotopic (exact) mass is 408 g/mol. The van der Waals surface area contributed by atoms with Gasteiger partial charge in [0.15, 0.2) is 11.5 Å². The SMILES string of the molecule is CNc1ccc(C(=O)c2ccccc2C(=O)NNC(=O)c2ccco2)cc1[N+](=O)[O-]. The van der Waals surface area contributed by atoms with E-state index in [0.29, 0.717) is 0 Å². The van der Waals surface area contributed by atoms with Crippen molar-refractivity contribution in [2.45, 2.75) is 0 Å². The van der Waals surface area contributed by atoms with E-state index in [1.54, 1.807) is 12.1 Å². The van der Waals surface area contributed by atoms with Crippen LogP contribution in [0.5, 0.6) is 0 Å². The first-order valence-electron chi connectivity index (χ1n) is 8.66. The van der Waals surface area contributed by atoms with E-state index < -0.39 is 22.5 Å². The van der Waals surface area contributed by atoms with Gasteiger partial charge >= 0.3 is 5.91 Å². The second kappa shape index (κ2) is 8.69. The highest BCUT2D eigenvalue weighted by Crippen LogP contribution is 2.26. The molecule has 1 aromatic heterocycles. The molecule has 30 heavy (non-hydrogen) atoms. The van der Waals surface area contributed by atoms with Gasteiger partial charge in [-0.3, -0.25) is 35.3 Å². The van der Waals surface area contributed by atoms with Gasteiger partial charge in [-0.15, -0.1) is 0 Å². The fourth-order valence-corrected chi connectivity index (χ4v) is 2.72. The van der Waals surface area contributed by atoms with Crippen molar-refractivity contribution < 1.29 is 23.7 Å². The van der Waals surface area contributed by atoms with Crippen LogP contribution >= 0.6 is 0 Å². The van der Waals surface area contributed by atoms with Gasteiger partial charge in [0.1, 0.15) is 5.69 Å². The van der Waals surface area contributed by atoms with E-state index in [4.69, 9.17) is 4.42 Å². The predicted molar refractivity (Wildman–Crippen MR) is 106 cm³/mol. The molecule has 0 aliphatic carbocycles. The number of nitro benzene ring substituents is 1. The number of amides is 2. The van der Waals surface area contributed by atoms with Crippen LogP contribution in [0.1, 0.15) is 36.8 Å². The first-order chi connectivity index (χ1) is 14.4. The third-order valence-electron chi connectivity index (χ3n) is 4.18. The Kier molecular flexibility index (Phi) is 5.87. The van der Waals surface area contributed by atoms with Gasteiger partial charge < -0.3 is 9.73 Å². The average Bonchev–Trinajstić information content (AvgIpc) is 3.31. The zero-order valence-electron chi connectivity index (χ0n) is 15.7. The summed E-state index contributed by atoms with van der Waals surface area (Å²) in [6.45, 7) is 0. The fraction of sp³-hybridized carbons (Fsp3) is 0.0500. The van der Waals surface area contributed by atoms with Gasteiger partial charge in [-0.2, -0.15) is 0 Å². The molecule has 10 nitrogen and oxygen atoms in total. The number of benzene rings is 2. The Balaban J connectivity index is 1.85. The molecular formula is C20H16N4O6. The Hall–Kier alpha value is -4.47. The average molecular weight is 408 g/mol. The summed E-state index contributed by atoms with van der Waals surface area (Å²) in [6, 6.07) is 12.8. The number of hydrogen-bond acceptors (Lipinski definition) is 7. The number of hydrogen-bond donors (Lipinski definition) is 3. The van der Waals surface area contributed by atoms with Crippen molar-refractivity contribution >= 4 is 29.0 Å². The fourth-order valence-electron chi connectivity index (χ4n) is 2.72. The van der Waals surface area contributed by atoms with Crippen LogP contribution in [0.25, 0.3) is 0 Å². The number of anilines is 1. The summed E-state index contributed by atoms with van der Waals surface area (Å²) in [5.41, 5.74) is 4.44. The Labute approximate surface area is 170 Å². The molecule has 0 aliphatic rings. The van der Waals surface area contributed by atoms with Gasteiger partial charge in [-0.25, -0.2) is 0 Å². The smallest absolute Gasteiger partial charge is 0.305 e. The lowest BCUT2D eigenvalue weighted by atomic mass is 9.97. The number of nitro groups is 1. The molecule has 0 saturated heterocycles. The molecule has 1 heterocycles. The summed E-state index contributed by atoms with van der Waals surface area (Å²) in [4.78, 5) is 48.0. The molecule has 0 fully saturated rings. The van der Waals surface area contributed by atoms with Crippen LogP contribution in [0.4, 0.5) is 11.4 Å². The summed E-state index contributed by atoms with van der Waals surface area (Å²) in [5.74, 6) is -1.99. The van der Waals surface area contributed by atoms with Crippen molar-refractivity contribution in [2.75, 3.05) is 12.4 Å². The van der Waals surface area contributed by atoms with E-state index in [0.717, 1.165) is 6.07 Å². The van der Waals surface area contributed by atoms with E-state index in [-0.39, 0.29) is 33.8 Å². The van der Waals surface area contributed by atoms with Crippen LogP contribution in [-0.2, 0) is 0 Å². The first-order valence-corrected chi connectivity index (χ1v) is 8.66. The standard InChI is InChI=1S/C20H16N4O6/c1-21-15-9-8-12(11-16(15)24(28)29)18(25)13-5-2-3-6-14(13)19(26)22-23-20(27)17-7-4-10-30-17/h2-11,21H,1H3,(H,22,26)(H,23,27). The molecule has 0 atom stereocenters. The molecule has 2 amide bonds. The molecule has 0 unspecified atom stereocenters.